The molecule has 0 aliphatic carbocycles. The lowest BCUT2D eigenvalue weighted by molar-refractivity contribution is -0.134. The maximum Gasteiger partial charge on any atom is 0.250 e. The van der Waals surface area contributed by atoms with Crippen molar-refractivity contribution in [2.45, 2.75) is 50.6 Å². The van der Waals surface area contributed by atoms with Crippen LogP contribution < -0.4 is 10.6 Å². The van der Waals surface area contributed by atoms with Crippen LogP contribution in [-0.2, 0) is 22.7 Å². The van der Waals surface area contributed by atoms with Crippen LogP contribution in [0.15, 0.2) is 53.1 Å². The zero-order valence-corrected chi connectivity index (χ0v) is 18.8. The number of imide groups is 1. The number of benzene rings is 2. The number of likely N-dealkylation sites (tertiary alicyclic amines) is 1. The average molecular weight is 468 g/mol. The SMILES string of the molecule is O=C1CCC(c2coc3ccc(NCc4ccc(CN5CCC(F)(F)CC5)cc4)cc23)C(=O)N1. The number of fused-ring (bicyclic) bond motifs is 1. The van der Waals surface area contributed by atoms with E-state index < -0.39 is 11.8 Å². The molecule has 3 aromatic rings. The number of hydrogen-bond acceptors (Lipinski definition) is 5. The summed E-state index contributed by atoms with van der Waals surface area (Å²) >= 11 is 0. The van der Waals surface area contributed by atoms with Gasteiger partial charge in [0.25, 0.3) is 5.92 Å². The van der Waals surface area contributed by atoms with Crippen molar-refractivity contribution in [2.75, 3.05) is 18.4 Å². The summed E-state index contributed by atoms with van der Waals surface area (Å²) in [5, 5.41) is 6.68. The third kappa shape index (κ3) is 4.97. The van der Waals surface area contributed by atoms with Crippen LogP contribution >= 0.6 is 0 Å². The first kappa shape index (κ1) is 22.5. The molecule has 1 aromatic heterocycles. The van der Waals surface area contributed by atoms with E-state index in [2.05, 4.69) is 15.5 Å². The van der Waals surface area contributed by atoms with Crippen LogP contribution in [0.25, 0.3) is 11.0 Å². The summed E-state index contributed by atoms with van der Waals surface area (Å²) in [5.74, 6) is -3.43. The second kappa shape index (κ2) is 9.18. The molecule has 8 heteroatoms. The molecule has 2 aromatic carbocycles. The summed E-state index contributed by atoms with van der Waals surface area (Å²) in [5.41, 5.74) is 4.61. The molecule has 0 bridgehead atoms. The molecule has 2 aliphatic heterocycles. The number of nitrogens with zero attached hydrogens (tertiary/aromatic N) is 1. The summed E-state index contributed by atoms with van der Waals surface area (Å²) in [7, 11) is 0. The molecule has 0 spiro atoms. The number of rotatable bonds is 6. The van der Waals surface area contributed by atoms with Gasteiger partial charge in [-0.2, -0.15) is 0 Å². The molecule has 0 saturated carbocycles. The minimum absolute atomic E-state index is 0.0682. The molecule has 2 saturated heterocycles. The average Bonchev–Trinajstić information content (AvgIpc) is 3.23. The highest BCUT2D eigenvalue weighted by molar-refractivity contribution is 6.02. The van der Waals surface area contributed by atoms with E-state index in [1.807, 2.05) is 42.5 Å². The monoisotopic (exact) mass is 467 g/mol. The van der Waals surface area contributed by atoms with Gasteiger partial charge in [0.05, 0.1) is 12.2 Å². The molecular formula is C26H27F2N3O3. The molecule has 34 heavy (non-hydrogen) atoms. The lowest BCUT2D eigenvalue weighted by Crippen LogP contribution is -2.39. The number of amides is 2. The topological polar surface area (TPSA) is 74.6 Å². The molecular weight excluding hydrogens is 440 g/mol. The number of carbonyl (C=O) groups is 2. The number of piperidine rings is 2. The van der Waals surface area contributed by atoms with Crippen molar-refractivity contribution in [3.05, 3.63) is 65.4 Å². The fraction of sp³-hybridized carbons (Fsp3) is 0.385. The van der Waals surface area contributed by atoms with Gasteiger partial charge in [0.1, 0.15) is 5.58 Å². The Morgan fingerprint density at radius 3 is 2.53 bits per heavy atom. The molecule has 6 nitrogen and oxygen atoms in total. The third-order valence-electron chi connectivity index (χ3n) is 6.73. The number of alkyl halides is 2. The maximum absolute atomic E-state index is 13.3. The highest BCUT2D eigenvalue weighted by Gasteiger charge is 2.34. The lowest BCUT2D eigenvalue weighted by Gasteiger charge is -2.31. The van der Waals surface area contributed by atoms with E-state index in [0.717, 1.165) is 27.8 Å². The van der Waals surface area contributed by atoms with Gasteiger partial charge < -0.3 is 9.73 Å². The Morgan fingerprint density at radius 1 is 1.06 bits per heavy atom. The summed E-state index contributed by atoms with van der Waals surface area (Å²) in [6.07, 6.45) is 2.27. The predicted octanol–water partition coefficient (Wildman–Crippen LogP) is 4.80. The Hall–Kier alpha value is -3.26. The second-order valence-corrected chi connectivity index (χ2v) is 9.21. The predicted molar refractivity (Wildman–Crippen MR) is 125 cm³/mol. The number of furan rings is 1. The van der Waals surface area contributed by atoms with Crippen molar-refractivity contribution in [3.63, 3.8) is 0 Å². The maximum atomic E-state index is 13.3. The fourth-order valence-electron chi connectivity index (χ4n) is 4.68. The Kier molecular flexibility index (Phi) is 6.08. The Labute approximate surface area is 196 Å². The van der Waals surface area contributed by atoms with Gasteiger partial charge in [-0.25, -0.2) is 8.78 Å². The van der Waals surface area contributed by atoms with Gasteiger partial charge in [-0.1, -0.05) is 24.3 Å². The van der Waals surface area contributed by atoms with Crippen molar-refractivity contribution in [2.24, 2.45) is 0 Å². The van der Waals surface area contributed by atoms with Crippen LogP contribution in [0.4, 0.5) is 14.5 Å². The summed E-state index contributed by atoms with van der Waals surface area (Å²) < 4.78 is 32.3. The van der Waals surface area contributed by atoms with Crippen molar-refractivity contribution >= 4 is 28.5 Å². The quantitative estimate of drug-likeness (QED) is 0.510. The Morgan fingerprint density at radius 2 is 1.79 bits per heavy atom. The molecule has 2 amide bonds. The number of carbonyl (C=O) groups excluding carboxylic acids is 2. The van der Waals surface area contributed by atoms with Gasteiger partial charge in [0.2, 0.25) is 11.8 Å². The largest absolute Gasteiger partial charge is 0.464 e. The zero-order chi connectivity index (χ0) is 23.7. The van der Waals surface area contributed by atoms with Gasteiger partial charge in [-0.05, 0) is 35.7 Å². The third-order valence-corrected chi connectivity index (χ3v) is 6.73. The van der Waals surface area contributed by atoms with Crippen molar-refractivity contribution in [1.29, 1.82) is 0 Å². The minimum Gasteiger partial charge on any atom is -0.464 e. The van der Waals surface area contributed by atoms with Crippen LogP contribution in [0.2, 0.25) is 0 Å². The van der Waals surface area contributed by atoms with Gasteiger partial charge in [-0.15, -0.1) is 0 Å². The molecule has 1 unspecified atom stereocenters. The van der Waals surface area contributed by atoms with Crippen LogP contribution in [0.1, 0.15) is 48.3 Å². The van der Waals surface area contributed by atoms with E-state index in [9.17, 15) is 18.4 Å². The van der Waals surface area contributed by atoms with Gasteiger partial charge >= 0.3 is 0 Å². The normalized spacial score (nSPS) is 20.9. The Bertz CT molecular complexity index is 1200. The second-order valence-electron chi connectivity index (χ2n) is 9.21. The number of halogens is 2. The van der Waals surface area contributed by atoms with E-state index in [0.29, 0.717) is 44.6 Å². The molecule has 2 N–H and O–H groups in total. The van der Waals surface area contributed by atoms with E-state index in [-0.39, 0.29) is 24.7 Å². The smallest absolute Gasteiger partial charge is 0.250 e. The van der Waals surface area contributed by atoms with E-state index in [1.54, 1.807) is 6.26 Å². The Balaban J connectivity index is 1.21. The van der Waals surface area contributed by atoms with E-state index in [1.165, 1.54) is 0 Å². The molecule has 3 heterocycles. The van der Waals surface area contributed by atoms with Crippen molar-refractivity contribution in [1.82, 2.24) is 10.2 Å². The van der Waals surface area contributed by atoms with Gasteiger partial charge in [-0.3, -0.25) is 19.8 Å². The van der Waals surface area contributed by atoms with Crippen LogP contribution in [0.5, 0.6) is 0 Å². The van der Waals surface area contributed by atoms with Crippen LogP contribution in [-0.4, -0.2) is 35.7 Å². The standard InChI is InChI=1S/C26H27F2N3O3/c27-26(28)9-11-31(12-10-26)15-18-3-1-17(2-4-18)14-29-19-5-7-23-21(13-19)22(16-34-23)20-6-8-24(32)30-25(20)33/h1-5,7,13,16,20,29H,6,8-12,14-15H2,(H,30,32,33). The zero-order valence-electron chi connectivity index (χ0n) is 18.8. The fourth-order valence-corrected chi connectivity index (χ4v) is 4.68. The molecule has 5 rings (SSSR count). The minimum atomic E-state index is -2.52. The molecule has 0 radical (unpaired) electrons. The van der Waals surface area contributed by atoms with Gasteiger partial charge in [0.15, 0.2) is 0 Å². The first-order chi connectivity index (χ1) is 16.4. The van der Waals surface area contributed by atoms with Gasteiger partial charge in [0, 0.05) is 62.1 Å². The van der Waals surface area contributed by atoms with E-state index >= 15 is 0 Å². The van der Waals surface area contributed by atoms with Crippen LogP contribution in [0.3, 0.4) is 0 Å². The van der Waals surface area contributed by atoms with Crippen LogP contribution in [0, 0.1) is 0 Å². The molecule has 178 valence electrons. The summed E-state index contributed by atoms with van der Waals surface area (Å²) in [6.45, 7) is 2.15. The van der Waals surface area contributed by atoms with E-state index in [4.69, 9.17) is 4.42 Å². The molecule has 2 aliphatic rings. The van der Waals surface area contributed by atoms with Crippen molar-refractivity contribution < 1.29 is 22.8 Å². The highest BCUT2D eigenvalue weighted by Crippen LogP contribution is 2.34. The number of hydrogen-bond donors (Lipinski definition) is 2. The lowest BCUT2D eigenvalue weighted by atomic mass is 9.90. The summed E-state index contributed by atoms with van der Waals surface area (Å²) in [6, 6.07) is 14.0. The van der Waals surface area contributed by atoms with Crippen molar-refractivity contribution in [3.8, 4) is 0 Å². The first-order valence-corrected chi connectivity index (χ1v) is 11.6. The number of anilines is 1. The first-order valence-electron chi connectivity index (χ1n) is 11.6. The molecule has 1 atom stereocenters. The summed E-state index contributed by atoms with van der Waals surface area (Å²) in [4.78, 5) is 25.8. The number of nitrogens with one attached hydrogen (secondary N) is 2. The highest BCUT2D eigenvalue weighted by atomic mass is 19.3. The molecule has 2 fully saturated rings.